The Balaban J connectivity index is 2.03. The second kappa shape index (κ2) is 5.19. The molecule has 13 heavy (non-hydrogen) atoms. The Morgan fingerprint density at radius 3 is 2.85 bits per heavy atom. The van der Waals surface area contributed by atoms with E-state index >= 15 is 0 Å². The Morgan fingerprint density at radius 1 is 1.54 bits per heavy atom. The van der Waals surface area contributed by atoms with Crippen LogP contribution < -0.4 is 16.4 Å². The van der Waals surface area contributed by atoms with Gasteiger partial charge in [-0.3, -0.25) is 4.79 Å². The Kier molecular flexibility index (Phi) is 4.18. The van der Waals surface area contributed by atoms with Crippen LogP contribution in [0.25, 0.3) is 0 Å². The minimum Gasteiger partial charge on any atom is -0.359 e. The molecule has 4 heteroatoms. The van der Waals surface area contributed by atoms with E-state index in [1.54, 1.807) is 7.05 Å². The zero-order chi connectivity index (χ0) is 9.68. The molecule has 1 fully saturated rings. The highest BCUT2D eigenvalue weighted by atomic mass is 16.1. The highest BCUT2D eigenvalue weighted by molar-refractivity contribution is 5.75. The summed E-state index contributed by atoms with van der Waals surface area (Å²) in [7, 11) is 1.66. The maximum absolute atomic E-state index is 10.9. The number of nitrogens with two attached hydrogens (primary N) is 1. The van der Waals surface area contributed by atoms with Crippen LogP contribution in [0.1, 0.15) is 25.7 Å². The second-order valence-electron chi connectivity index (χ2n) is 3.65. The average Bonchev–Trinajstić information content (AvgIpc) is 2.51. The van der Waals surface area contributed by atoms with Gasteiger partial charge in [0.25, 0.3) is 0 Å². The molecule has 0 aromatic heterocycles. The number of amides is 1. The molecule has 0 aromatic rings. The molecular weight excluding hydrogens is 166 g/mol. The Labute approximate surface area is 79.3 Å². The molecule has 0 saturated heterocycles. The van der Waals surface area contributed by atoms with E-state index in [4.69, 9.17) is 5.73 Å². The molecule has 1 aliphatic rings. The molecule has 1 aliphatic carbocycles. The minimum absolute atomic E-state index is 0.0924. The molecule has 1 rings (SSSR count). The zero-order valence-corrected chi connectivity index (χ0v) is 8.18. The lowest BCUT2D eigenvalue weighted by Crippen LogP contribution is -2.32. The third kappa shape index (κ3) is 3.74. The summed E-state index contributed by atoms with van der Waals surface area (Å²) >= 11 is 0. The molecule has 1 amide bonds. The molecular formula is C9H19N3O. The first-order valence-corrected chi connectivity index (χ1v) is 4.92. The number of nitrogens with one attached hydrogen (secondary N) is 2. The molecule has 0 aromatic carbocycles. The molecule has 2 unspecified atom stereocenters. The van der Waals surface area contributed by atoms with Crippen LogP contribution in [0.15, 0.2) is 0 Å². The van der Waals surface area contributed by atoms with Crippen LogP contribution in [0, 0.1) is 0 Å². The lowest BCUT2D eigenvalue weighted by atomic mass is 10.2. The molecule has 0 aliphatic heterocycles. The second-order valence-corrected chi connectivity index (χ2v) is 3.65. The molecule has 4 nitrogen and oxygen atoms in total. The van der Waals surface area contributed by atoms with Gasteiger partial charge in [-0.25, -0.2) is 0 Å². The lowest BCUT2D eigenvalue weighted by Gasteiger charge is -2.11. The SMILES string of the molecule is CNC(=O)CCNC1CCC(N)C1. The monoisotopic (exact) mass is 185 g/mol. The molecule has 0 spiro atoms. The van der Waals surface area contributed by atoms with Crippen LogP contribution in [-0.4, -0.2) is 31.6 Å². The number of carbonyl (C=O) groups is 1. The van der Waals surface area contributed by atoms with Gasteiger partial charge in [-0.1, -0.05) is 0 Å². The fraction of sp³-hybridized carbons (Fsp3) is 0.889. The summed E-state index contributed by atoms with van der Waals surface area (Å²) in [6, 6.07) is 0.886. The largest absolute Gasteiger partial charge is 0.359 e. The molecule has 2 atom stereocenters. The van der Waals surface area contributed by atoms with Gasteiger partial charge in [0.15, 0.2) is 0 Å². The number of hydrogen-bond acceptors (Lipinski definition) is 3. The summed E-state index contributed by atoms with van der Waals surface area (Å²) in [5, 5.41) is 5.93. The summed E-state index contributed by atoms with van der Waals surface area (Å²) in [4.78, 5) is 10.9. The minimum atomic E-state index is 0.0924. The van der Waals surface area contributed by atoms with Crippen molar-refractivity contribution in [3.63, 3.8) is 0 Å². The number of hydrogen-bond donors (Lipinski definition) is 3. The fourth-order valence-electron chi connectivity index (χ4n) is 1.72. The van der Waals surface area contributed by atoms with Crippen LogP contribution in [0.5, 0.6) is 0 Å². The van der Waals surface area contributed by atoms with Crippen molar-refractivity contribution in [3.8, 4) is 0 Å². The van der Waals surface area contributed by atoms with E-state index in [0.29, 0.717) is 18.5 Å². The van der Waals surface area contributed by atoms with Crippen molar-refractivity contribution < 1.29 is 4.79 Å². The van der Waals surface area contributed by atoms with Crippen molar-refractivity contribution in [2.24, 2.45) is 5.73 Å². The van der Waals surface area contributed by atoms with E-state index in [2.05, 4.69) is 10.6 Å². The van der Waals surface area contributed by atoms with Gasteiger partial charge >= 0.3 is 0 Å². The maximum Gasteiger partial charge on any atom is 0.221 e. The quantitative estimate of drug-likeness (QED) is 0.558. The third-order valence-electron chi connectivity index (χ3n) is 2.54. The van der Waals surface area contributed by atoms with E-state index in [0.717, 1.165) is 25.8 Å². The molecule has 0 bridgehead atoms. The van der Waals surface area contributed by atoms with Gasteiger partial charge in [-0.2, -0.15) is 0 Å². The normalized spacial score (nSPS) is 27.5. The summed E-state index contributed by atoms with van der Waals surface area (Å²) in [5.74, 6) is 0.0924. The smallest absolute Gasteiger partial charge is 0.221 e. The van der Waals surface area contributed by atoms with Crippen LogP contribution in [-0.2, 0) is 4.79 Å². The number of rotatable bonds is 4. The standard InChI is InChI=1S/C9H19N3O/c1-11-9(13)4-5-12-8-3-2-7(10)6-8/h7-8,12H,2-6,10H2,1H3,(H,11,13). The predicted molar refractivity (Wildman–Crippen MR) is 52.3 cm³/mol. The fourth-order valence-corrected chi connectivity index (χ4v) is 1.72. The van der Waals surface area contributed by atoms with E-state index in [1.165, 1.54) is 0 Å². The van der Waals surface area contributed by atoms with Crippen molar-refractivity contribution >= 4 is 5.91 Å². The molecule has 76 valence electrons. The Bertz CT molecular complexity index is 172. The summed E-state index contributed by atoms with van der Waals surface area (Å²) in [6.45, 7) is 0.761. The van der Waals surface area contributed by atoms with Crippen molar-refractivity contribution in [1.82, 2.24) is 10.6 Å². The average molecular weight is 185 g/mol. The van der Waals surface area contributed by atoms with Gasteiger partial charge in [-0.15, -0.1) is 0 Å². The van der Waals surface area contributed by atoms with E-state index in [9.17, 15) is 4.79 Å². The maximum atomic E-state index is 10.9. The Hall–Kier alpha value is -0.610. The highest BCUT2D eigenvalue weighted by Gasteiger charge is 2.20. The van der Waals surface area contributed by atoms with E-state index < -0.39 is 0 Å². The topological polar surface area (TPSA) is 67.2 Å². The molecule has 0 heterocycles. The van der Waals surface area contributed by atoms with E-state index in [1.807, 2.05) is 0 Å². The molecule has 0 radical (unpaired) electrons. The van der Waals surface area contributed by atoms with Gasteiger partial charge in [0, 0.05) is 32.1 Å². The first-order valence-electron chi connectivity index (χ1n) is 4.92. The van der Waals surface area contributed by atoms with Crippen molar-refractivity contribution in [1.29, 1.82) is 0 Å². The highest BCUT2D eigenvalue weighted by Crippen LogP contribution is 2.16. The van der Waals surface area contributed by atoms with Crippen molar-refractivity contribution in [2.45, 2.75) is 37.8 Å². The summed E-state index contributed by atoms with van der Waals surface area (Å²) < 4.78 is 0. The predicted octanol–water partition coefficient (Wildman–Crippen LogP) is -0.408. The van der Waals surface area contributed by atoms with Crippen molar-refractivity contribution in [2.75, 3.05) is 13.6 Å². The first kappa shape index (κ1) is 10.5. The third-order valence-corrected chi connectivity index (χ3v) is 2.54. The van der Waals surface area contributed by atoms with Gasteiger partial charge in [-0.05, 0) is 19.3 Å². The summed E-state index contributed by atoms with van der Waals surface area (Å²) in [6.07, 6.45) is 3.86. The lowest BCUT2D eigenvalue weighted by molar-refractivity contribution is -0.120. The number of carbonyl (C=O) groups excluding carboxylic acids is 1. The van der Waals surface area contributed by atoms with Crippen molar-refractivity contribution in [3.05, 3.63) is 0 Å². The van der Waals surface area contributed by atoms with Gasteiger partial charge in [0.2, 0.25) is 5.91 Å². The van der Waals surface area contributed by atoms with Gasteiger partial charge in [0.1, 0.15) is 0 Å². The summed E-state index contributed by atoms with van der Waals surface area (Å²) in [5.41, 5.74) is 5.76. The first-order chi connectivity index (χ1) is 6.22. The zero-order valence-electron chi connectivity index (χ0n) is 8.18. The Morgan fingerprint density at radius 2 is 2.31 bits per heavy atom. The molecule has 1 saturated carbocycles. The van der Waals surface area contributed by atoms with Crippen LogP contribution >= 0.6 is 0 Å². The molecule has 4 N–H and O–H groups in total. The van der Waals surface area contributed by atoms with Crippen LogP contribution in [0.3, 0.4) is 0 Å². The van der Waals surface area contributed by atoms with E-state index in [-0.39, 0.29) is 5.91 Å². The van der Waals surface area contributed by atoms with Gasteiger partial charge in [0.05, 0.1) is 0 Å². The van der Waals surface area contributed by atoms with Crippen LogP contribution in [0.4, 0.5) is 0 Å². The van der Waals surface area contributed by atoms with Crippen LogP contribution in [0.2, 0.25) is 0 Å². The van der Waals surface area contributed by atoms with Gasteiger partial charge < -0.3 is 16.4 Å².